The summed E-state index contributed by atoms with van der Waals surface area (Å²) in [5, 5.41) is 6.67. The Labute approximate surface area is 172 Å². The van der Waals surface area contributed by atoms with Gasteiger partial charge < -0.3 is 10.6 Å². The maximum atomic E-state index is 13.5. The van der Waals surface area contributed by atoms with Gasteiger partial charge in [-0.1, -0.05) is 60.2 Å². The molecule has 29 heavy (non-hydrogen) atoms. The molecule has 4 heteroatoms. The second-order valence-electron chi connectivity index (χ2n) is 8.10. The molecule has 1 unspecified atom stereocenters. The van der Waals surface area contributed by atoms with E-state index in [4.69, 9.17) is 0 Å². The number of amides is 1. The Morgan fingerprint density at radius 2 is 1.90 bits per heavy atom. The summed E-state index contributed by atoms with van der Waals surface area (Å²) in [7, 11) is 0. The predicted molar refractivity (Wildman–Crippen MR) is 116 cm³/mol. The molecule has 4 nitrogen and oxygen atoms in total. The third kappa shape index (κ3) is 4.08. The number of nitrogens with zero attached hydrogens (tertiary/aromatic N) is 1. The van der Waals surface area contributed by atoms with Crippen LogP contribution in [0.2, 0.25) is 0 Å². The lowest BCUT2D eigenvalue weighted by molar-refractivity contribution is -0.134. The maximum Gasteiger partial charge on any atom is 0.229 e. The summed E-state index contributed by atoms with van der Waals surface area (Å²) in [5.41, 5.74) is 5.23. The SMILES string of the molecule is Cc1ccc(C)c(C(NC(=O)C2(Cc3ccccc3)CNC2)c2cccnc2)c1. The van der Waals surface area contributed by atoms with Gasteiger partial charge in [-0.05, 0) is 48.6 Å². The van der Waals surface area contributed by atoms with E-state index in [1.54, 1.807) is 6.20 Å². The van der Waals surface area contributed by atoms with Crippen LogP contribution in [0.25, 0.3) is 0 Å². The van der Waals surface area contributed by atoms with Crippen molar-refractivity contribution >= 4 is 5.91 Å². The van der Waals surface area contributed by atoms with E-state index >= 15 is 0 Å². The molecule has 2 N–H and O–H groups in total. The Balaban J connectivity index is 1.65. The van der Waals surface area contributed by atoms with Gasteiger partial charge in [-0.2, -0.15) is 0 Å². The number of aryl methyl sites for hydroxylation is 2. The molecule has 0 bridgehead atoms. The van der Waals surface area contributed by atoms with Gasteiger partial charge in [0.25, 0.3) is 0 Å². The van der Waals surface area contributed by atoms with Crippen LogP contribution in [0.15, 0.2) is 73.1 Å². The topological polar surface area (TPSA) is 54.0 Å². The fraction of sp³-hybridized carbons (Fsp3) is 0.280. The summed E-state index contributed by atoms with van der Waals surface area (Å²) in [6, 6.07) is 20.4. The highest BCUT2D eigenvalue weighted by atomic mass is 16.2. The van der Waals surface area contributed by atoms with Gasteiger partial charge in [0.05, 0.1) is 11.5 Å². The summed E-state index contributed by atoms with van der Waals surface area (Å²) in [4.78, 5) is 17.8. The zero-order valence-electron chi connectivity index (χ0n) is 17.0. The van der Waals surface area contributed by atoms with Gasteiger partial charge in [0, 0.05) is 25.5 Å². The second kappa shape index (κ2) is 8.18. The monoisotopic (exact) mass is 385 g/mol. The Morgan fingerprint density at radius 1 is 1.10 bits per heavy atom. The van der Waals surface area contributed by atoms with E-state index in [2.05, 4.69) is 59.8 Å². The molecule has 3 aromatic rings. The molecule has 0 aliphatic carbocycles. The Bertz CT molecular complexity index is 981. The Kier molecular flexibility index (Phi) is 5.45. The van der Waals surface area contributed by atoms with E-state index in [-0.39, 0.29) is 11.9 Å². The fourth-order valence-electron chi connectivity index (χ4n) is 4.02. The van der Waals surface area contributed by atoms with Crippen molar-refractivity contribution in [2.24, 2.45) is 5.41 Å². The van der Waals surface area contributed by atoms with Gasteiger partial charge >= 0.3 is 0 Å². The number of nitrogens with one attached hydrogen (secondary N) is 2. The number of benzene rings is 2. The van der Waals surface area contributed by atoms with Crippen molar-refractivity contribution in [1.29, 1.82) is 0 Å². The minimum absolute atomic E-state index is 0.0925. The van der Waals surface area contributed by atoms with E-state index in [1.807, 2.05) is 36.5 Å². The van der Waals surface area contributed by atoms with Crippen LogP contribution in [0.3, 0.4) is 0 Å². The molecule has 148 valence electrons. The number of rotatable bonds is 6. The standard InChI is InChI=1S/C25H27N3O/c1-18-10-11-19(2)22(13-18)23(21-9-6-12-26-15-21)28-24(29)25(16-27-17-25)14-20-7-4-3-5-8-20/h3-13,15,23,27H,14,16-17H2,1-2H3,(H,28,29). The first-order valence-electron chi connectivity index (χ1n) is 10.1. The van der Waals surface area contributed by atoms with Crippen molar-refractivity contribution < 1.29 is 4.79 Å². The molecule has 1 aromatic heterocycles. The first kappa shape index (κ1) is 19.3. The first-order chi connectivity index (χ1) is 14.1. The van der Waals surface area contributed by atoms with E-state index in [1.165, 1.54) is 11.1 Å². The molecule has 1 aliphatic heterocycles. The maximum absolute atomic E-state index is 13.5. The van der Waals surface area contributed by atoms with Crippen LogP contribution in [0.5, 0.6) is 0 Å². The molecular formula is C25H27N3O. The third-order valence-corrected chi connectivity index (χ3v) is 5.83. The van der Waals surface area contributed by atoms with Crippen molar-refractivity contribution in [3.05, 3.63) is 101 Å². The summed E-state index contributed by atoms with van der Waals surface area (Å²) in [6.07, 6.45) is 4.34. The molecule has 1 atom stereocenters. The molecule has 1 fully saturated rings. The van der Waals surface area contributed by atoms with Crippen LogP contribution in [0.1, 0.15) is 33.9 Å². The van der Waals surface area contributed by atoms with E-state index in [9.17, 15) is 4.79 Å². The van der Waals surface area contributed by atoms with E-state index in [0.717, 1.165) is 23.1 Å². The number of aromatic nitrogens is 1. The first-order valence-corrected chi connectivity index (χ1v) is 10.1. The molecule has 0 spiro atoms. The van der Waals surface area contributed by atoms with Crippen molar-refractivity contribution in [2.75, 3.05) is 13.1 Å². The summed E-state index contributed by atoms with van der Waals surface area (Å²) >= 11 is 0. The van der Waals surface area contributed by atoms with E-state index in [0.29, 0.717) is 13.1 Å². The molecule has 0 radical (unpaired) electrons. The quantitative estimate of drug-likeness (QED) is 0.680. The number of hydrogen-bond donors (Lipinski definition) is 2. The van der Waals surface area contributed by atoms with Crippen molar-refractivity contribution in [3.8, 4) is 0 Å². The molecule has 2 heterocycles. The van der Waals surface area contributed by atoms with Crippen LogP contribution in [-0.4, -0.2) is 24.0 Å². The number of carbonyl (C=O) groups excluding carboxylic acids is 1. The summed E-state index contributed by atoms with van der Waals surface area (Å²) < 4.78 is 0. The second-order valence-corrected chi connectivity index (χ2v) is 8.10. The lowest BCUT2D eigenvalue weighted by atomic mass is 9.75. The van der Waals surface area contributed by atoms with Gasteiger partial charge in [-0.25, -0.2) is 0 Å². The molecule has 4 rings (SSSR count). The van der Waals surface area contributed by atoms with Crippen LogP contribution < -0.4 is 10.6 Å². The molecule has 1 aliphatic rings. The molecule has 1 saturated heterocycles. The highest BCUT2D eigenvalue weighted by Crippen LogP contribution is 2.32. The van der Waals surface area contributed by atoms with Gasteiger partial charge in [0.1, 0.15) is 0 Å². The van der Waals surface area contributed by atoms with Gasteiger partial charge in [-0.3, -0.25) is 9.78 Å². The van der Waals surface area contributed by atoms with Crippen LogP contribution >= 0.6 is 0 Å². The van der Waals surface area contributed by atoms with Gasteiger partial charge in [0.15, 0.2) is 0 Å². The summed E-state index contributed by atoms with van der Waals surface area (Å²) in [6.45, 7) is 5.56. The lowest BCUT2D eigenvalue weighted by Crippen LogP contribution is -2.62. The Hall–Kier alpha value is -2.98. The van der Waals surface area contributed by atoms with Gasteiger partial charge in [-0.15, -0.1) is 0 Å². The normalized spacial score (nSPS) is 15.9. The highest BCUT2D eigenvalue weighted by molar-refractivity contribution is 5.85. The largest absolute Gasteiger partial charge is 0.345 e. The fourth-order valence-corrected chi connectivity index (χ4v) is 4.02. The Morgan fingerprint density at radius 3 is 2.55 bits per heavy atom. The number of pyridine rings is 1. The minimum Gasteiger partial charge on any atom is -0.345 e. The average Bonchev–Trinajstić information content (AvgIpc) is 2.72. The predicted octanol–water partition coefficient (Wildman–Crippen LogP) is 3.74. The average molecular weight is 386 g/mol. The zero-order valence-corrected chi connectivity index (χ0v) is 17.0. The zero-order chi connectivity index (χ0) is 20.3. The smallest absolute Gasteiger partial charge is 0.229 e. The van der Waals surface area contributed by atoms with Gasteiger partial charge in [0.2, 0.25) is 5.91 Å². The van der Waals surface area contributed by atoms with Crippen LogP contribution in [0.4, 0.5) is 0 Å². The highest BCUT2D eigenvalue weighted by Gasteiger charge is 2.45. The number of carbonyl (C=O) groups is 1. The minimum atomic E-state index is -0.417. The third-order valence-electron chi connectivity index (χ3n) is 5.83. The summed E-state index contributed by atoms with van der Waals surface area (Å²) in [5.74, 6) is 0.0925. The van der Waals surface area contributed by atoms with Crippen molar-refractivity contribution in [3.63, 3.8) is 0 Å². The van der Waals surface area contributed by atoms with Crippen LogP contribution in [0, 0.1) is 19.3 Å². The van der Waals surface area contributed by atoms with Crippen molar-refractivity contribution in [2.45, 2.75) is 26.3 Å². The molecule has 0 saturated carbocycles. The van der Waals surface area contributed by atoms with E-state index < -0.39 is 5.41 Å². The molecular weight excluding hydrogens is 358 g/mol. The number of hydrogen-bond acceptors (Lipinski definition) is 3. The van der Waals surface area contributed by atoms with Crippen LogP contribution in [-0.2, 0) is 11.2 Å². The lowest BCUT2D eigenvalue weighted by Gasteiger charge is -2.42. The molecule has 2 aromatic carbocycles. The van der Waals surface area contributed by atoms with Crippen molar-refractivity contribution in [1.82, 2.24) is 15.6 Å². The molecule has 1 amide bonds.